The van der Waals surface area contributed by atoms with Gasteiger partial charge in [0, 0.05) is 21.6 Å². The highest BCUT2D eigenvalue weighted by Crippen LogP contribution is 2.44. The molecule has 3 N–H and O–H groups in total. The van der Waals surface area contributed by atoms with Crippen molar-refractivity contribution in [2.75, 3.05) is 6.61 Å². The molecule has 0 spiro atoms. The second-order valence-corrected chi connectivity index (χ2v) is 12.1. The molecule has 3 rings (SSSR count). The van der Waals surface area contributed by atoms with Crippen molar-refractivity contribution in [2.45, 2.75) is 104 Å². The monoisotopic (exact) mass is 566 g/mol. The fraction of sp³-hybridized carbons (Fsp3) is 0.500. The normalized spacial score (nSPS) is 12.9. The molecular weight excluding hydrogens is 520 g/mol. The minimum Gasteiger partial charge on any atom is -0.491 e. The third-order valence-electron chi connectivity index (χ3n) is 8.63. The lowest BCUT2D eigenvalue weighted by Crippen LogP contribution is -2.26. The molecule has 3 aromatic rings. The summed E-state index contributed by atoms with van der Waals surface area (Å²) < 4.78 is 5.85. The minimum absolute atomic E-state index is 0.0680. The standard InChI is InChI=1S/C34H46O5S/c1-8-33(9-2,26-13-16-29(23(6)19-26)39-21-27(35)14-17-31(36)37)25-12-15-28(22(5)18-25)32-24(7)20-30(40-32)34(38,10-3)11-4/h12-13,15-16,18-20,27,35,38H,8-11,14,17,21H2,1-7H3,(H,36,37)/t27-/m1/s1. The first-order valence-corrected chi connectivity index (χ1v) is 15.3. The number of carboxylic acids is 1. The van der Waals surface area contributed by atoms with E-state index < -0.39 is 17.7 Å². The Kier molecular flexibility index (Phi) is 10.6. The van der Waals surface area contributed by atoms with Gasteiger partial charge in [-0.1, -0.05) is 58.0 Å². The molecule has 0 fully saturated rings. The van der Waals surface area contributed by atoms with Gasteiger partial charge in [-0.15, -0.1) is 11.3 Å². The first-order chi connectivity index (χ1) is 18.9. The predicted molar refractivity (Wildman–Crippen MR) is 165 cm³/mol. The lowest BCUT2D eigenvalue weighted by atomic mass is 9.70. The van der Waals surface area contributed by atoms with Gasteiger partial charge in [-0.2, -0.15) is 0 Å². The SMILES string of the molecule is CCC(O)(CC)c1cc(C)c(-c2ccc(C(CC)(CC)c3ccc(OC[C@H](O)CCC(=O)O)c(C)c3)cc2C)s1. The van der Waals surface area contributed by atoms with E-state index in [1.807, 2.05) is 26.8 Å². The third kappa shape index (κ3) is 6.62. The Labute approximate surface area is 243 Å². The van der Waals surface area contributed by atoms with Crippen LogP contribution in [0, 0.1) is 20.8 Å². The van der Waals surface area contributed by atoms with Crippen LogP contribution >= 0.6 is 11.3 Å². The minimum atomic E-state index is -0.922. The summed E-state index contributed by atoms with van der Waals surface area (Å²) in [4.78, 5) is 13.0. The van der Waals surface area contributed by atoms with E-state index in [1.54, 1.807) is 11.3 Å². The molecule has 5 nitrogen and oxygen atoms in total. The van der Waals surface area contributed by atoms with Crippen molar-refractivity contribution in [3.05, 3.63) is 75.2 Å². The highest BCUT2D eigenvalue weighted by Gasteiger charge is 2.32. The van der Waals surface area contributed by atoms with Crippen molar-refractivity contribution < 1.29 is 24.9 Å². The second-order valence-electron chi connectivity index (χ2n) is 11.1. The second kappa shape index (κ2) is 13.3. The maximum atomic E-state index is 11.1. The smallest absolute Gasteiger partial charge is 0.303 e. The van der Waals surface area contributed by atoms with Gasteiger partial charge in [0.1, 0.15) is 12.4 Å². The number of aryl methyl sites for hydroxylation is 3. The maximum absolute atomic E-state index is 11.1. The Morgan fingerprint density at radius 3 is 2.00 bits per heavy atom. The Balaban J connectivity index is 1.91. The van der Waals surface area contributed by atoms with E-state index in [2.05, 4.69) is 64.1 Å². The summed E-state index contributed by atoms with van der Waals surface area (Å²) >= 11 is 1.71. The van der Waals surface area contributed by atoms with E-state index in [-0.39, 0.29) is 24.9 Å². The van der Waals surface area contributed by atoms with Gasteiger partial charge in [0.25, 0.3) is 0 Å². The molecule has 2 aromatic carbocycles. The number of aliphatic hydroxyl groups excluding tert-OH is 1. The number of thiophene rings is 1. The van der Waals surface area contributed by atoms with Crippen molar-refractivity contribution in [1.29, 1.82) is 0 Å². The third-order valence-corrected chi connectivity index (χ3v) is 10.1. The van der Waals surface area contributed by atoms with Crippen LogP contribution in [0.1, 0.15) is 98.9 Å². The molecule has 1 aromatic heterocycles. The molecule has 40 heavy (non-hydrogen) atoms. The van der Waals surface area contributed by atoms with E-state index in [0.717, 1.165) is 23.3 Å². The Bertz CT molecular complexity index is 1300. The van der Waals surface area contributed by atoms with Gasteiger partial charge in [-0.3, -0.25) is 4.79 Å². The number of ether oxygens (including phenoxy) is 1. The molecular formula is C34H46O5S. The highest BCUT2D eigenvalue weighted by atomic mass is 32.1. The Hall–Kier alpha value is -2.67. The Morgan fingerprint density at radius 1 is 0.875 bits per heavy atom. The summed E-state index contributed by atoms with van der Waals surface area (Å²) in [5.74, 6) is -0.220. The van der Waals surface area contributed by atoms with Crippen LogP contribution in [0.2, 0.25) is 0 Å². The molecule has 0 saturated heterocycles. The molecule has 0 saturated carbocycles. The number of hydrogen-bond acceptors (Lipinski definition) is 5. The van der Waals surface area contributed by atoms with Gasteiger partial charge in [-0.05, 0) is 98.4 Å². The van der Waals surface area contributed by atoms with E-state index in [9.17, 15) is 15.0 Å². The van der Waals surface area contributed by atoms with Crippen LogP contribution in [0.5, 0.6) is 5.75 Å². The van der Waals surface area contributed by atoms with Crippen molar-refractivity contribution >= 4 is 17.3 Å². The van der Waals surface area contributed by atoms with Crippen LogP contribution in [-0.4, -0.2) is 34.0 Å². The molecule has 0 unspecified atom stereocenters. The fourth-order valence-electron chi connectivity index (χ4n) is 5.69. The molecule has 0 aliphatic carbocycles. The van der Waals surface area contributed by atoms with Crippen molar-refractivity contribution in [1.82, 2.24) is 0 Å². The van der Waals surface area contributed by atoms with Gasteiger partial charge in [0.05, 0.1) is 11.7 Å². The molecule has 0 aliphatic rings. The number of aliphatic hydroxyl groups is 2. The zero-order valence-corrected chi connectivity index (χ0v) is 26.0. The van der Waals surface area contributed by atoms with Gasteiger partial charge in [0.2, 0.25) is 0 Å². The quantitative estimate of drug-likeness (QED) is 0.184. The topological polar surface area (TPSA) is 87.0 Å². The van der Waals surface area contributed by atoms with Crippen molar-refractivity contribution in [3.63, 3.8) is 0 Å². The molecule has 0 amide bonds. The van der Waals surface area contributed by atoms with Crippen molar-refractivity contribution in [2.24, 2.45) is 0 Å². The van der Waals surface area contributed by atoms with Crippen LogP contribution in [0.4, 0.5) is 0 Å². The average molecular weight is 567 g/mol. The maximum Gasteiger partial charge on any atom is 0.303 e. The van der Waals surface area contributed by atoms with Crippen LogP contribution in [-0.2, 0) is 15.8 Å². The Morgan fingerprint density at radius 2 is 1.48 bits per heavy atom. The molecule has 0 aliphatic heterocycles. The summed E-state index contributed by atoms with van der Waals surface area (Å²) in [5.41, 5.74) is 6.21. The van der Waals surface area contributed by atoms with Crippen LogP contribution < -0.4 is 4.74 Å². The number of benzene rings is 2. The number of carboxylic acid groups (broad SMARTS) is 1. The first kappa shape index (κ1) is 31.9. The molecule has 0 radical (unpaired) electrons. The largest absolute Gasteiger partial charge is 0.491 e. The van der Waals surface area contributed by atoms with Gasteiger partial charge in [-0.25, -0.2) is 0 Å². The summed E-state index contributed by atoms with van der Waals surface area (Å²) in [6.45, 7) is 14.9. The average Bonchev–Trinajstić information content (AvgIpc) is 3.33. The van der Waals surface area contributed by atoms with Gasteiger partial charge >= 0.3 is 5.97 Å². The van der Waals surface area contributed by atoms with Gasteiger partial charge in [0.15, 0.2) is 0 Å². The van der Waals surface area contributed by atoms with Crippen molar-refractivity contribution in [3.8, 4) is 16.2 Å². The van der Waals surface area contributed by atoms with E-state index in [4.69, 9.17) is 9.84 Å². The summed E-state index contributed by atoms with van der Waals surface area (Å²) in [7, 11) is 0. The number of aliphatic carboxylic acids is 1. The number of rotatable bonds is 14. The van der Waals surface area contributed by atoms with E-state index in [1.165, 1.54) is 32.7 Å². The molecule has 1 heterocycles. The summed E-state index contributed by atoms with van der Waals surface area (Å²) in [6.07, 6.45) is 2.55. The molecule has 218 valence electrons. The molecule has 6 heteroatoms. The summed E-state index contributed by atoms with van der Waals surface area (Å²) in [5, 5.41) is 30.0. The van der Waals surface area contributed by atoms with Gasteiger partial charge < -0.3 is 20.1 Å². The zero-order chi connectivity index (χ0) is 29.7. The van der Waals surface area contributed by atoms with E-state index >= 15 is 0 Å². The zero-order valence-electron chi connectivity index (χ0n) is 25.1. The number of hydrogen-bond donors (Lipinski definition) is 3. The molecule has 0 bridgehead atoms. The number of carbonyl (C=O) groups is 1. The van der Waals surface area contributed by atoms with Crippen LogP contribution in [0.3, 0.4) is 0 Å². The fourth-order valence-corrected chi connectivity index (χ4v) is 7.19. The van der Waals surface area contributed by atoms with Crippen LogP contribution in [0.25, 0.3) is 10.4 Å². The summed E-state index contributed by atoms with van der Waals surface area (Å²) in [6, 6.07) is 15.3. The van der Waals surface area contributed by atoms with E-state index in [0.29, 0.717) is 18.6 Å². The lowest BCUT2D eigenvalue weighted by Gasteiger charge is -2.34. The van der Waals surface area contributed by atoms with Crippen LogP contribution in [0.15, 0.2) is 42.5 Å². The first-order valence-electron chi connectivity index (χ1n) is 14.5. The molecule has 1 atom stereocenters. The predicted octanol–water partition coefficient (Wildman–Crippen LogP) is 8.06. The highest BCUT2D eigenvalue weighted by molar-refractivity contribution is 7.15. The lowest BCUT2D eigenvalue weighted by molar-refractivity contribution is -0.137.